The topological polar surface area (TPSA) is 87.9 Å². The molecule has 0 unspecified atom stereocenters. The number of nitrogens with one attached hydrogen (secondary N) is 1. The van der Waals surface area contributed by atoms with Gasteiger partial charge in [-0.2, -0.15) is 0 Å². The molecule has 0 aliphatic carbocycles. The van der Waals surface area contributed by atoms with Crippen molar-refractivity contribution in [1.29, 1.82) is 0 Å². The quantitative estimate of drug-likeness (QED) is 0.664. The molecule has 2 aliphatic rings. The van der Waals surface area contributed by atoms with Gasteiger partial charge >= 0.3 is 0 Å². The molecule has 2 amide bonds. The molecule has 3 N–H and O–H groups in total. The predicted octanol–water partition coefficient (Wildman–Crippen LogP) is -1.23. The van der Waals surface area contributed by atoms with E-state index in [1.54, 1.807) is 0 Å². The highest BCUT2D eigenvalue weighted by Crippen LogP contribution is 2.18. The van der Waals surface area contributed by atoms with Gasteiger partial charge in [0.1, 0.15) is 6.10 Å². The van der Waals surface area contributed by atoms with E-state index in [2.05, 4.69) is 17.3 Å². The van der Waals surface area contributed by atoms with Crippen LogP contribution < -0.4 is 11.1 Å². The van der Waals surface area contributed by atoms with Crippen LogP contribution in [-0.4, -0.2) is 80.1 Å². The normalized spacial score (nSPS) is 26.9. The SMILES string of the molecule is CN1CCN(C(=O)CCNC(=O)[C@@H]2CC[C@H](CN)O2)CC1. The second-order valence-electron chi connectivity index (χ2n) is 5.78. The van der Waals surface area contributed by atoms with Gasteiger partial charge in [0.15, 0.2) is 0 Å². The minimum Gasteiger partial charge on any atom is -0.364 e. The van der Waals surface area contributed by atoms with E-state index in [1.807, 2.05) is 4.90 Å². The third kappa shape index (κ3) is 4.66. The average Bonchev–Trinajstić information content (AvgIpc) is 2.96. The monoisotopic (exact) mass is 298 g/mol. The first-order valence-corrected chi connectivity index (χ1v) is 7.69. The van der Waals surface area contributed by atoms with E-state index in [4.69, 9.17) is 10.5 Å². The van der Waals surface area contributed by atoms with E-state index < -0.39 is 6.10 Å². The van der Waals surface area contributed by atoms with E-state index in [0.29, 0.717) is 25.9 Å². The Morgan fingerprint density at radius 3 is 2.57 bits per heavy atom. The Morgan fingerprint density at radius 1 is 1.24 bits per heavy atom. The molecule has 7 nitrogen and oxygen atoms in total. The fourth-order valence-electron chi connectivity index (χ4n) is 2.69. The van der Waals surface area contributed by atoms with E-state index >= 15 is 0 Å². The smallest absolute Gasteiger partial charge is 0.249 e. The van der Waals surface area contributed by atoms with Crippen LogP contribution in [0.15, 0.2) is 0 Å². The maximum atomic E-state index is 12.0. The van der Waals surface area contributed by atoms with Gasteiger partial charge in [-0.1, -0.05) is 0 Å². The van der Waals surface area contributed by atoms with Gasteiger partial charge in [-0.15, -0.1) is 0 Å². The van der Waals surface area contributed by atoms with Crippen LogP contribution in [0.5, 0.6) is 0 Å². The molecule has 0 radical (unpaired) electrons. The number of carbonyl (C=O) groups is 2. The minimum absolute atomic E-state index is 0.00674. The lowest BCUT2D eigenvalue weighted by Gasteiger charge is -2.32. The molecular weight excluding hydrogens is 272 g/mol. The third-order valence-electron chi connectivity index (χ3n) is 4.16. The van der Waals surface area contributed by atoms with E-state index in [9.17, 15) is 9.59 Å². The molecule has 120 valence electrons. The van der Waals surface area contributed by atoms with Crippen molar-refractivity contribution in [3.8, 4) is 0 Å². The Bertz CT molecular complexity index is 355. The Labute approximate surface area is 125 Å². The van der Waals surface area contributed by atoms with Crippen molar-refractivity contribution in [2.75, 3.05) is 46.3 Å². The highest BCUT2D eigenvalue weighted by Gasteiger charge is 2.29. The van der Waals surface area contributed by atoms with Gasteiger partial charge in [-0.25, -0.2) is 0 Å². The Morgan fingerprint density at radius 2 is 1.95 bits per heavy atom. The maximum absolute atomic E-state index is 12.0. The zero-order valence-electron chi connectivity index (χ0n) is 12.7. The molecule has 7 heteroatoms. The molecule has 2 aliphatic heterocycles. The van der Waals surface area contributed by atoms with Crippen molar-refractivity contribution < 1.29 is 14.3 Å². The fraction of sp³-hybridized carbons (Fsp3) is 0.857. The van der Waals surface area contributed by atoms with Gasteiger partial charge in [0.2, 0.25) is 11.8 Å². The van der Waals surface area contributed by atoms with Crippen molar-refractivity contribution in [1.82, 2.24) is 15.1 Å². The molecular formula is C14H26N4O3. The van der Waals surface area contributed by atoms with E-state index in [0.717, 1.165) is 32.6 Å². The fourth-order valence-corrected chi connectivity index (χ4v) is 2.69. The number of amides is 2. The first-order valence-electron chi connectivity index (χ1n) is 7.69. The summed E-state index contributed by atoms with van der Waals surface area (Å²) in [6.45, 7) is 4.19. The van der Waals surface area contributed by atoms with Gasteiger partial charge in [-0.3, -0.25) is 9.59 Å². The summed E-state index contributed by atoms with van der Waals surface area (Å²) in [7, 11) is 2.05. The van der Waals surface area contributed by atoms with Crippen molar-refractivity contribution in [3.63, 3.8) is 0 Å². The lowest BCUT2D eigenvalue weighted by molar-refractivity contribution is -0.133. The van der Waals surface area contributed by atoms with Crippen molar-refractivity contribution in [3.05, 3.63) is 0 Å². The number of carbonyl (C=O) groups excluding carboxylic acids is 2. The molecule has 2 rings (SSSR count). The zero-order chi connectivity index (χ0) is 15.2. The average molecular weight is 298 g/mol. The number of ether oxygens (including phenoxy) is 1. The summed E-state index contributed by atoms with van der Waals surface area (Å²) in [5.41, 5.74) is 5.52. The Kier molecular flexibility index (Phi) is 5.96. The molecule has 0 bridgehead atoms. The van der Waals surface area contributed by atoms with Crippen LogP contribution in [0, 0.1) is 0 Å². The van der Waals surface area contributed by atoms with E-state index in [-0.39, 0.29) is 17.9 Å². The predicted molar refractivity (Wildman–Crippen MR) is 78.7 cm³/mol. The molecule has 2 saturated heterocycles. The van der Waals surface area contributed by atoms with E-state index in [1.165, 1.54) is 0 Å². The summed E-state index contributed by atoms with van der Waals surface area (Å²) in [6.07, 6.45) is 1.47. The highest BCUT2D eigenvalue weighted by atomic mass is 16.5. The summed E-state index contributed by atoms with van der Waals surface area (Å²) < 4.78 is 5.52. The van der Waals surface area contributed by atoms with Crippen molar-refractivity contribution >= 4 is 11.8 Å². The maximum Gasteiger partial charge on any atom is 0.249 e. The zero-order valence-corrected chi connectivity index (χ0v) is 12.7. The molecule has 0 spiro atoms. The molecule has 2 heterocycles. The molecule has 0 aromatic rings. The van der Waals surface area contributed by atoms with Crippen molar-refractivity contribution in [2.24, 2.45) is 5.73 Å². The van der Waals surface area contributed by atoms with Crippen LogP contribution in [0.1, 0.15) is 19.3 Å². The van der Waals surface area contributed by atoms with Gasteiger partial charge < -0.3 is 25.6 Å². The third-order valence-corrected chi connectivity index (χ3v) is 4.16. The van der Waals surface area contributed by atoms with Gasteiger partial charge in [0, 0.05) is 45.7 Å². The van der Waals surface area contributed by atoms with Gasteiger partial charge in [0.05, 0.1) is 6.10 Å². The molecule has 21 heavy (non-hydrogen) atoms. The summed E-state index contributed by atoms with van der Waals surface area (Å²) in [5.74, 6) is -0.0206. The highest BCUT2D eigenvalue weighted by molar-refractivity contribution is 5.82. The second-order valence-corrected chi connectivity index (χ2v) is 5.78. The number of nitrogens with zero attached hydrogens (tertiary/aromatic N) is 2. The number of nitrogens with two attached hydrogens (primary N) is 1. The first-order chi connectivity index (χ1) is 10.1. The lowest BCUT2D eigenvalue weighted by Crippen LogP contribution is -2.48. The Hall–Kier alpha value is -1.18. The van der Waals surface area contributed by atoms with Crippen LogP contribution in [0.4, 0.5) is 0 Å². The lowest BCUT2D eigenvalue weighted by atomic mass is 10.2. The number of likely N-dealkylation sites (N-methyl/N-ethyl adjacent to an activating group) is 1. The summed E-state index contributed by atoms with van der Waals surface area (Å²) in [4.78, 5) is 28.0. The molecule has 0 saturated carbocycles. The minimum atomic E-state index is -0.405. The second kappa shape index (κ2) is 7.72. The van der Waals surface area contributed by atoms with Crippen LogP contribution in [0.25, 0.3) is 0 Å². The van der Waals surface area contributed by atoms with Gasteiger partial charge in [0.25, 0.3) is 0 Å². The number of piperazine rings is 1. The number of rotatable bonds is 5. The van der Waals surface area contributed by atoms with Crippen LogP contribution in [0.3, 0.4) is 0 Å². The molecule has 0 aromatic carbocycles. The number of hydrogen-bond acceptors (Lipinski definition) is 5. The molecule has 2 fully saturated rings. The summed E-state index contributed by atoms with van der Waals surface area (Å²) >= 11 is 0. The standard InChI is InChI=1S/C14H26N4O3/c1-17-6-8-18(9-7-17)13(19)4-5-16-14(20)12-3-2-11(10-15)21-12/h11-12H,2-10,15H2,1H3,(H,16,20)/t11-,12+/m1/s1. The van der Waals surface area contributed by atoms with Crippen LogP contribution in [0.2, 0.25) is 0 Å². The molecule has 0 aromatic heterocycles. The van der Waals surface area contributed by atoms with Crippen LogP contribution in [-0.2, 0) is 14.3 Å². The molecule has 2 atom stereocenters. The van der Waals surface area contributed by atoms with Crippen molar-refractivity contribution in [2.45, 2.75) is 31.5 Å². The first kappa shape index (κ1) is 16.2. The summed E-state index contributed by atoms with van der Waals surface area (Å²) in [5, 5.41) is 2.79. The largest absolute Gasteiger partial charge is 0.364 e. The van der Waals surface area contributed by atoms with Crippen LogP contribution >= 0.6 is 0 Å². The summed E-state index contributed by atoms with van der Waals surface area (Å²) in [6, 6.07) is 0. The number of hydrogen-bond donors (Lipinski definition) is 2. The Balaban J connectivity index is 1.62. The van der Waals surface area contributed by atoms with Gasteiger partial charge in [-0.05, 0) is 19.9 Å².